The Kier molecular flexibility index (Phi) is 5.51. The van der Waals surface area contributed by atoms with Crippen LogP contribution in [0, 0.1) is 17.0 Å². The average Bonchev–Trinajstić information content (AvgIpc) is 3.07. The quantitative estimate of drug-likeness (QED) is 0.589. The second-order valence-corrected chi connectivity index (χ2v) is 5.87. The van der Waals surface area contributed by atoms with Crippen LogP contribution < -0.4 is 0 Å². The van der Waals surface area contributed by atoms with Crippen molar-refractivity contribution in [2.24, 2.45) is 0 Å². The van der Waals surface area contributed by atoms with Crippen LogP contribution in [-0.2, 0) is 13.1 Å². The molecule has 0 aliphatic rings. The summed E-state index contributed by atoms with van der Waals surface area (Å²) in [6.07, 6.45) is 1.81. The highest BCUT2D eigenvalue weighted by Gasteiger charge is 2.18. The highest BCUT2D eigenvalue weighted by atomic mass is 16.6. The van der Waals surface area contributed by atoms with Crippen molar-refractivity contribution in [1.82, 2.24) is 14.7 Å². The van der Waals surface area contributed by atoms with E-state index in [1.165, 1.54) is 17.1 Å². The van der Waals surface area contributed by atoms with Gasteiger partial charge in [0.15, 0.2) is 0 Å². The van der Waals surface area contributed by atoms with Crippen molar-refractivity contribution in [3.05, 3.63) is 46.2 Å². The van der Waals surface area contributed by atoms with Gasteiger partial charge < -0.3 is 9.52 Å². The largest absolute Gasteiger partial charge is 0.465 e. The Morgan fingerprint density at radius 3 is 2.74 bits per heavy atom. The fourth-order valence-electron chi connectivity index (χ4n) is 2.32. The molecular formula is C15H22N4O4. The SMILES string of the molecule is Cc1ccc(CN(CC(O)Cn2cc([N+](=O)[O-])cn2)C(C)C)o1. The number of aromatic nitrogens is 2. The van der Waals surface area contributed by atoms with E-state index in [9.17, 15) is 15.2 Å². The third-order valence-corrected chi connectivity index (χ3v) is 3.56. The van der Waals surface area contributed by atoms with Crippen molar-refractivity contribution in [2.75, 3.05) is 6.54 Å². The van der Waals surface area contributed by atoms with Gasteiger partial charge in [0.05, 0.1) is 24.1 Å². The molecule has 0 bridgehead atoms. The molecule has 1 atom stereocenters. The molecule has 0 amide bonds. The van der Waals surface area contributed by atoms with Gasteiger partial charge in [-0.2, -0.15) is 5.10 Å². The number of rotatable bonds is 8. The van der Waals surface area contributed by atoms with Gasteiger partial charge in [0.25, 0.3) is 0 Å². The summed E-state index contributed by atoms with van der Waals surface area (Å²) in [5.74, 6) is 1.70. The summed E-state index contributed by atoms with van der Waals surface area (Å²) in [6, 6.07) is 4.06. The molecular weight excluding hydrogens is 300 g/mol. The van der Waals surface area contributed by atoms with Crippen LogP contribution in [0.1, 0.15) is 25.4 Å². The Hall–Kier alpha value is -2.19. The van der Waals surface area contributed by atoms with Crippen LogP contribution in [0.2, 0.25) is 0 Å². The zero-order valence-electron chi connectivity index (χ0n) is 13.5. The van der Waals surface area contributed by atoms with Crippen LogP contribution >= 0.6 is 0 Å². The number of nitro groups is 1. The van der Waals surface area contributed by atoms with Crippen LogP contribution in [0.3, 0.4) is 0 Å². The van der Waals surface area contributed by atoms with Crippen LogP contribution in [0.4, 0.5) is 5.69 Å². The molecule has 0 fully saturated rings. The van der Waals surface area contributed by atoms with E-state index in [4.69, 9.17) is 4.42 Å². The first-order valence-corrected chi connectivity index (χ1v) is 7.49. The molecule has 0 aromatic carbocycles. The minimum atomic E-state index is -0.687. The van der Waals surface area contributed by atoms with Gasteiger partial charge in [-0.3, -0.25) is 19.7 Å². The number of furan rings is 1. The van der Waals surface area contributed by atoms with Crippen molar-refractivity contribution in [3.8, 4) is 0 Å². The molecule has 0 aliphatic carbocycles. The van der Waals surface area contributed by atoms with Gasteiger partial charge in [-0.05, 0) is 32.9 Å². The summed E-state index contributed by atoms with van der Waals surface area (Å²) in [5, 5.41) is 24.8. The molecule has 0 saturated heterocycles. The highest BCUT2D eigenvalue weighted by molar-refractivity contribution is 5.20. The van der Waals surface area contributed by atoms with E-state index in [-0.39, 0.29) is 18.3 Å². The molecule has 126 valence electrons. The first kappa shape index (κ1) is 17.2. The fourth-order valence-corrected chi connectivity index (χ4v) is 2.32. The van der Waals surface area contributed by atoms with Gasteiger partial charge in [-0.25, -0.2) is 0 Å². The van der Waals surface area contributed by atoms with E-state index in [1.54, 1.807) is 0 Å². The second-order valence-electron chi connectivity index (χ2n) is 5.87. The lowest BCUT2D eigenvalue weighted by molar-refractivity contribution is -0.385. The Bertz CT molecular complexity index is 649. The van der Waals surface area contributed by atoms with Gasteiger partial charge in [0.2, 0.25) is 0 Å². The van der Waals surface area contributed by atoms with Gasteiger partial charge in [-0.15, -0.1) is 0 Å². The predicted molar refractivity (Wildman–Crippen MR) is 83.9 cm³/mol. The lowest BCUT2D eigenvalue weighted by atomic mass is 10.2. The molecule has 0 aliphatic heterocycles. The average molecular weight is 322 g/mol. The van der Waals surface area contributed by atoms with Crippen molar-refractivity contribution in [1.29, 1.82) is 0 Å². The van der Waals surface area contributed by atoms with Crippen molar-refractivity contribution < 1.29 is 14.4 Å². The maximum absolute atomic E-state index is 10.6. The number of aryl methyl sites for hydroxylation is 1. The van der Waals surface area contributed by atoms with Crippen LogP contribution in [-0.4, -0.2) is 43.4 Å². The monoisotopic (exact) mass is 322 g/mol. The number of aliphatic hydroxyl groups excluding tert-OH is 1. The first-order chi connectivity index (χ1) is 10.8. The normalized spacial score (nSPS) is 13.0. The zero-order chi connectivity index (χ0) is 17.0. The molecule has 0 radical (unpaired) electrons. The van der Waals surface area contributed by atoms with Gasteiger partial charge in [-0.1, -0.05) is 0 Å². The minimum Gasteiger partial charge on any atom is -0.465 e. The topological polar surface area (TPSA) is 97.6 Å². The highest BCUT2D eigenvalue weighted by Crippen LogP contribution is 2.13. The smallest absolute Gasteiger partial charge is 0.306 e. The molecule has 2 heterocycles. The Labute approximate surface area is 134 Å². The second kappa shape index (κ2) is 7.38. The van der Waals surface area contributed by atoms with Crippen molar-refractivity contribution in [3.63, 3.8) is 0 Å². The third-order valence-electron chi connectivity index (χ3n) is 3.56. The molecule has 2 aromatic rings. The van der Waals surface area contributed by atoms with Crippen molar-refractivity contribution in [2.45, 2.75) is 46.0 Å². The molecule has 0 spiro atoms. The minimum absolute atomic E-state index is 0.0797. The summed E-state index contributed by atoms with van der Waals surface area (Å²) >= 11 is 0. The molecule has 2 rings (SSSR count). The summed E-state index contributed by atoms with van der Waals surface area (Å²) < 4.78 is 6.97. The lowest BCUT2D eigenvalue weighted by Crippen LogP contribution is -2.38. The van der Waals surface area contributed by atoms with Gasteiger partial charge in [0.1, 0.15) is 23.9 Å². The fraction of sp³-hybridized carbons (Fsp3) is 0.533. The molecule has 1 unspecified atom stereocenters. The zero-order valence-corrected chi connectivity index (χ0v) is 13.5. The van der Waals surface area contributed by atoms with E-state index in [0.717, 1.165) is 11.5 Å². The molecule has 2 aromatic heterocycles. The van der Waals surface area contributed by atoms with Crippen molar-refractivity contribution >= 4 is 5.69 Å². The Morgan fingerprint density at radius 2 is 2.22 bits per heavy atom. The molecule has 8 nitrogen and oxygen atoms in total. The molecule has 23 heavy (non-hydrogen) atoms. The summed E-state index contributed by atoms with van der Waals surface area (Å²) in [5.41, 5.74) is -0.0797. The first-order valence-electron chi connectivity index (χ1n) is 7.49. The van der Waals surface area contributed by atoms with E-state index < -0.39 is 11.0 Å². The predicted octanol–water partition coefficient (Wildman–Crippen LogP) is 1.96. The summed E-state index contributed by atoms with van der Waals surface area (Å²) in [6.45, 7) is 7.20. The Balaban J connectivity index is 1.94. The van der Waals surface area contributed by atoms with E-state index in [0.29, 0.717) is 13.1 Å². The molecule has 0 saturated carbocycles. The summed E-state index contributed by atoms with van der Waals surface area (Å²) in [4.78, 5) is 12.2. The van der Waals surface area contributed by atoms with Gasteiger partial charge in [0, 0.05) is 12.6 Å². The van der Waals surface area contributed by atoms with Crippen LogP contribution in [0.25, 0.3) is 0 Å². The number of hydrogen-bond acceptors (Lipinski definition) is 6. The van der Waals surface area contributed by atoms with Crippen LogP contribution in [0.15, 0.2) is 28.9 Å². The molecule has 1 N–H and O–H groups in total. The number of hydrogen-bond donors (Lipinski definition) is 1. The molecule has 8 heteroatoms. The van der Waals surface area contributed by atoms with Crippen LogP contribution in [0.5, 0.6) is 0 Å². The number of aliphatic hydroxyl groups is 1. The lowest BCUT2D eigenvalue weighted by Gasteiger charge is -2.27. The van der Waals surface area contributed by atoms with E-state index >= 15 is 0 Å². The standard InChI is InChI=1S/C15H22N4O4/c1-11(2)17(10-15-5-4-12(3)23-15)8-14(20)9-18-7-13(6-16-18)19(21)22/h4-7,11,14,20H,8-10H2,1-3H3. The maximum Gasteiger partial charge on any atom is 0.306 e. The third kappa shape index (κ3) is 4.90. The Morgan fingerprint density at radius 1 is 1.48 bits per heavy atom. The van der Waals surface area contributed by atoms with E-state index in [1.807, 2.05) is 32.9 Å². The summed E-state index contributed by atoms with van der Waals surface area (Å²) in [7, 11) is 0. The van der Waals surface area contributed by atoms with E-state index in [2.05, 4.69) is 10.00 Å². The maximum atomic E-state index is 10.6. The van der Waals surface area contributed by atoms with Gasteiger partial charge >= 0.3 is 5.69 Å². The number of nitrogens with zero attached hydrogens (tertiary/aromatic N) is 4.